The van der Waals surface area contributed by atoms with Crippen LogP contribution in [0, 0.1) is 0 Å². The van der Waals surface area contributed by atoms with E-state index >= 15 is 0 Å². The topological polar surface area (TPSA) is 89.8 Å². The minimum absolute atomic E-state index is 0.0283. The van der Waals surface area contributed by atoms with Crippen molar-refractivity contribution in [3.05, 3.63) is 83.1 Å². The van der Waals surface area contributed by atoms with Gasteiger partial charge in [-0.1, -0.05) is 23.7 Å². The van der Waals surface area contributed by atoms with Crippen LogP contribution in [0.1, 0.15) is 27.8 Å². The number of para-hydroxylation sites is 1. The van der Waals surface area contributed by atoms with Crippen molar-refractivity contribution in [1.29, 1.82) is 0 Å². The first-order chi connectivity index (χ1) is 16.0. The highest BCUT2D eigenvalue weighted by atomic mass is 35.5. The Kier molecular flexibility index (Phi) is 6.51. The second-order valence-corrected chi connectivity index (χ2v) is 7.45. The molecular weight excluding hydrogens is 444 g/mol. The number of nitrogens with one attached hydrogen (secondary N) is 2. The van der Waals surface area contributed by atoms with Crippen molar-refractivity contribution in [2.75, 3.05) is 24.4 Å². The summed E-state index contributed by atoms with van der Waals surface area (Å²) in [5, 5.41) is 6.55. The van der Waals surface area contributed by atoms with Gasteiger partial charge in [0.2, 0.25) is 5.76 Å². The molecule has 1 aromatic heterocycles. The Bertz CT molecular complexity index is 1310. The van der Waals surface area contributed by atoms with Crippen molar-refractivity contribution >= 4 is 45.8 Å². The molecule has 33 heavy (non-hydrogen) atoms. The molecule has 0 aliphatic carbocycles. The first kappa shape index (κ1) is 22.2. The number of amides is 2. The van der Waals surface area contributed by atoms with Crippen LogP contribution in [0.25, 0.3) is 11.0 Å². The van der Waals surface area contributed by atoms with Crippen LogP contribution in [-0.2, 0) is 0 Å². The maximum Gasteiger partial charge on any atom is 0.293 e. The molecule has 0 atom stereocenters. The molecule has 0 unspecified atom stereocenters. The summed E-state index contributed by atoms with van der Waals surface area (Å²) in [5.74, 6) is 0.0203. The Morgan fingerprint density at radius 3 is 2.45 bits per heavy atom. The van der Waals surface area contributed by atoms with E-state index in [2.05, 4.69) is 10.6 Å². The first-order valence-electron chi connectivity index (χ1n) is 10.2. The van der Waals surface area contributed by atoms with Crippen molar-refractivity contribution in [1.82, 2.24) is 0 Å². The van der Waals surface area contributed by atoms with Crippen molar-refractivity contribution < 1.29 is 23.5 Å². The molecule has 168 valence electrons. The molecule has 1 heterocycles. The molecule has 4 aromatic rings. The van der Waals surface area contributed by atoms with Gasteiger partial charge < -0.3 is 24.5 Å². The molecule has 4 rings (SSSR count). The molecule has 0 saturated carbocycles. The highest BCUT2D eigenvalue weighted by molar-refractivity contribution is 6.31. The number of anilines is 2. The quantitative estimate of drug-likeness (QED) is 0.350. The number of carbonyl (C=O) groups is 2. The summed E-state index contributed by atoms with van der Waals surface area (Å²) in [5.41, 5.74) is 1.50. The standard InChI is InChI=1S/C25H21ClN2O5/c1-3-32-17-11-9-16(10-12-17)27-25(30)23-22(18-6-4-5-7-21(18)33-23)28-24(29)19-14-15(26)8-13-20(19)31-2/h4-14H,3H2,1-2H3,(H,27,30)(H,28,29). The second-order valence-electron chi connectivity index (χ2n) is 7.01. The molecule has 3 aromatic carbocycles. The summed E-state index contributed by atoms with van der Waals surface area (Å²) in [6, 6.07) is 18.7. The van der Waals surface area contributed by atoms with Crippen LogP contribution >= 0.6 is 11.6 Å². The van der Waals surface area contributed by atoms with Crippen molar-refractivity contribution in [3.8, 4) is 11.5 Å². The molecule has 0 bridgehead atoms. The molecule has 0 saturated heterocycles. The monoisotopic (exact) mass is 464 g/mol. The molecule has 0 aliphatic rings. The average molecular weight is 465 g/mol. The highest BCUT2D eigenvalue weighted by Crippen LogP contribution is 2.33. The lowest BCUT2D eigenvalue weighted by Gasteiger charge is -2.11. The number of fused-ring (bicyclic) bond motifs is 1. The number of methoxy groups -OCH3 is 1. The van der Waals surface area contributed by atoms with Gasteiger partial charge in [0, 0.05) is 16.1 Å². The summed E-state index contributed by atoms with van der Waals surface area (Å²) in [4.78, 5) is 26.2. The number of benzene rings is 3. The Hall–Kier alpha value is -3.97. The second kappa shape index (κ2) is 9.67. The predicted octanol–water partition coefficient (Wildman–Crippen LogP) is 6.00. The van der Waals surface area contributed by atoms with E-state index in [4.69, 9.17) is 25.5 Å². The number of hydrogen-bond acceptors (Lipinski definition) is 5. The smallest absolute Gasteiger partial charge is 0.293 e. The van der Waals surface area contributed by atoms with Crippen LogP contribution in [0.3, 0.4) is 0 Å². The minimum Gasteiger partial charge on any atom is -0.496 e. The summed E-state index contributed by atoms with van der Waals surface area (Å²) < 4.78 is 16.5. The van der Waals surface area contributed by atoms with Crippen LogP contribution in [0.5, 0.6) is 11.5 Å². The zero-order chi connectivity index (χ0) is 23.4. The Balaban J connectivity index is 1.66. The van der Waals surface area contributed by atoms with Crippen molar-refractivity contribution in [2.45, 2.75) is 6.92 Å². The van der Waals surface area contributed by atoms with Gasteiger partial charge in [-0.25, -0.2) is 0 Å². The number of rotatable bonds is 7. The molecular formula is C25H21ClN2O5. The lowest BCUT2D eigenvalue weighted by Crippen LogP contribution is -2.17. The minimum atomic E-state index is -0.510. The van der Waals surface area contributed by atoms with Gasteiger partial charge in [0.15, 0.2) is 0 Å². The molecule has 2 N–H and O–H groups in total. The van der Waals surface area contributed by atoms with E-state index in [9.17, 15) is 9.59 Å². The Morgan fingerprint density at radius 2 is 1.73 bits per heavy atom. The Morgan fingerprint density at radius 1 is 0.970 bits per heavy atom. The highest BCUT2D eigenvalue weighted by Gasteiger charge is 2.24. The molecule has 0 fully saturated rings. The number of halogens is 1. The normalized spacial score (nSPS) is 10.6. The molecule has 8 heteroatoms. The van der Waals surface area contributed by atoms with Gasteiger partial charge in [-0.3, -0.25) is 9.59 Å². The van der Waals surface area contributed by atoms with Gasteiger partial charge in [-0.2, -0.15) is 0 Å². The van der Waals surface area contributed by atoms with Gasteiger partial charge in [0.05, 0.1) is 19.3 Å². The van der Waals surface area contributed by atoms with Crippen LogP contribution in [0.15, 0.2) is 71.1 Å². The van der Waals surface area contributed by atoms with Crippen molar-refractivity contribution in [2.24, 2.45) is 0 Å². The molecule has 0 radical (unpaired) electrons. The van der Waals surface area contributed by atoms with Crippen LogP contribution in [0.2, 0.25) is 5.02 Å². The lowest BCUT2D eigenvalue weighted by atomic mass is 10.1. The third-order valence-electron chi connectivity index (χ3n) is 4.87. The third kappa shape index (κ3) is 4.78. The van der Waals surface area contributed by atoms with E-state index in [0.717, 1.165) is 0 Å². The summed E-state index contributed by atoms with van der Waals surface area (Å²) in [6.07, 6.45) is 0. The van der Waals surface area contributed by atoms with Crippen molar-refractivity contribution in [3.63, 3.8) is 0 Å². The number of furan rings is 1. The average Bonchev–Trinajstić information content (AvgIpc) is 3.19. The summed E-state index contributed by atoms with van der Waals surface area (Å²) in [6.45, 7) is 2.44. The number of carbonyl (C=O) groups excluding carboxylic acids is 2. The number of ether oxygens (including phenoxy) is 2. The van der Waals surface area contributed by atoms with E-state index in [0.29, 0.717) is 39.8 Å². The summed E-state index contributed by atoms with van der Waals surface area (Å²) in [7, 11) is 1.46. The SMILES string of the molecule is CCOc1ccc(NC(=O)c2oc3ccccc3c2NC(=O)c2cc(Cl)ccc2OC)cc1. The van der Waals surface area contributed by atoms with Gasteiger partial charge in [0.1, 0.15) is 22.8 Å². The van der Waals surface area contributed by atoms with Gasteiger partial charge in [-0.15, -0.1) is 0 Å². The first-order valence-corrected chi connectivity index (χ1v) is 10.6. The van der Waals surface area contributed by atoms with E-state index in [1.165, 1.54) is 13.2 Å². The van der Waals surface area contributed by atoms with Crippen LogP contribution in [-0.4, -0.2) is 25.5 Å². The molecule has 0 aliphatic heterocycles. The van der Waals surface area contributed by atoms with Crippen LogP contribution in [0.4, 0.5) is 11.4 Å². The van der Waals surface area contributed by atoms with E-state index in [1.54, 1.807) is 60.7 Å². The van der Waals surface area contributed by atoms with E-state index in [1.807, 2.05) is 6.92 Å². The fourth-order valence-electron chi connectivity index (χ4n) is 3.36. The lowest BCUT2D eigenvalue weighted by molar-refractivity contribution is 0.0999. The largest absolute Gasteiger partial charge is 0.496 e. The molecule has 0 spiro atoms. The fourth-order valence-corrected chi connectivity index (χ4v) is 3.53. The zero-order valence-electron chi connectivity index (χ0n) is 18.0. The summed E-state index contributed by atoms with van der Waals surface area (Å²) >= 11 is 6.07. The molecule has 2 amide bonds. The molecule has 7 nitrogen and oxygen atoms in total. The van der Waals surface area contributed by atoms with Crippen LogP contribution < -0.4 is 20.1 Å². The fraction of sp³-hybridized carbons (Fsp3) is 0.120. The number of hydrogen-bond donors (Lipinski definition) is 2. The third-order valence-corrected chi connectivity index (χ3v) is 5.10. The zero-order valence-corrected chi connectivity index (χ0v) is 18.7. The maximum atomic E-state index is 13.1. The van der Waals surface area contributed by atoms with Gasteiger partial charge in [0.25, 0.3) is 11.8 Å². The van der Waals surface area contributed by atoms with E-state index in [-0.39, 0.29) is 17.0 Å². The predicted molar refractivity (Wildman–Crippen MR) is 128 cm³/mol. The maximum absolute atomic E-state index is 13.1. The Labute approximate surface area is 195 Å². The van der Waals surface area contributed by atoms with Gasteiger partial charge in [-0.05, 0) is 61.5 Å². The van der Waals surface area contributed by atoms with Gasteiger partial charge >= 0.3 is 0 Å². The van der Waals surface area contributed by atoms with E-state index < -0.39 is 11.8 Å².